The SMILES string of the molecule is CCC(C(=O)OC)C1(O)C=CCCCC1. The minimum absolute atomic E-state index is 0.313. The number of carbonyl (C=O) groups excluding carboxylic acids is 1. The molecule has 0 spiro atoms. The first-order valence-corrected chi connectivity index (χ1v) is 5.62. The molecule has 0 radical (unpaired) electrons. The normalized spacial score (nSPS) is 28.2. The number of carbonyl (C=O) groups is 1. The van der Waals surface area contributed by atoms with Gasteiger partial charge in [0.2, 0.25) is 0 Å². The smallest absolute Gasteiger partial charge is 0.311 e. The molecule has 0 heterocycles. The van der Waals surface area contributed by atoms with E-state index < -0.39 is 11.5 Å². The first-order valence-electron chi connectivity index (χ1n) is 5.62. The van der Waals surface area contributed by atoms with Crippen LogP contribution in [0.15, 0.2) is 12.2 Å². The van der Waals surface area contributed by atoms with Crippen LogP contribution in [0.2, 0.25) is 0 Å². The fourth-order valence-corrected chi connectivity index (χ4v) is 2.20. The molecule has 0 aromatic rings. The van der Waals surface area contributed by atoms with Crippen LogP contribution < -0.4 is 0 Å². The number of ether oxygens (including phenoxy) is 1. The molecule has 1 rings (SSSR count). The molecule has 2 unspecified atom stereocenters. The lowest BCUT2D eigenvalue weighted by Crippen LogP contribution is -2.40. The summed E-state index contributed by atoms with van der Waals surface area (Å²) in [6.07, 6.45) is 8.03. The summed E-state index contributed by atoms with van der Waals surface area (Å²) < 4.78 is 4.73. The zero-order chi connectivity index (χ0) is 11.3. The summed E-state index contributed by atoms with van der Waals surface area (Å²) in [6, 6.07) is 0. The Morgan fingerprint density at radius 3 is 2.93 bits per heavy atom. The Labute approximate surface area is 91.1 Å². The molecule has 1 aliphatic carbocycles. The van der Waals surface area contributed by atoms with Crippen LogP contribution in [0.5, 0.6) is 0 Å². The molecule has 0 saturated carbocycles. The molecule has 0 aromatic carbocycles. The van der Waals surface area contributed by atoms with E-state index in [-0.39, 0.29) is 5.97 Å². The van der Waals surface area contributed by atoms with Crippen molar-refractivity contribution in [3.8, 4) is 0 Å². The third-order valence-corrected chi connectivity index (χ3v) is 3.10. The predicted octanol–water partition coefficient (Wildman–Crippen LogP) is 2.05. The fraction of sp³-hybridized carbons (Fsp3) is 0.750. The lowest BCUT2D eigenvalue weighted by molar-refractivity contribution is -0.153. The fourth-order valence-electron chi connectivity index (χ4n) is 2.20. The number of rotatable bonds is 3. The number of aliphatic hydroxyl groups is 1. The average Bonchev–Trinajstić information content (AvgIpc) is 2.44. The Morgan fingerprint density at radius 1 is 1.60 bits per heavy atom. The summed E-state index contributed by atoms with van der Waals surface area (Å²) in [5, 5.41) is 10.4. The van der Waals surface area contributed by atoms with Gasteiger partial charge in [0.25, 0.3) is 0 Å². The summed E-state index contributed by atoms with van der Waals surface area (Å²) >= 11 is 0. The van der Waals surface area contributed by atoms with E-state index in [0.29, 0.717) is 12.8 Å². The van der Waals surface area contributed by atoms with E-state index in [1.165, 1.54) is 7.11 Å². The van der Waals surface area contributed by atoms with Gasteiger partial charge in [-0.2, -0.15) is 0 Å². The largest absolute Gasteiger partial charge is 0.469 e. The van der Waals surface area contributed by atoms with Gasteiger partial charge in [-0.15, -0.1) is 0 Å². The number of methoxy groups -OCH3 is 1. The summed E-state index contributed by atoms with van der Waals surface area (Å²) in [6.45, 7) is 1.90. The molecule has 15 heavy (non-hydrogen) atoms. The van der Waals surface area contributed by atoms with Crippen LogP contribution >= 0.6 is 0 Å². The molecule has 3 nitrogen and oxygen atoms in total. The van der Waals surface area contributed by atoms with Gasteiger partial charge in [-0.25, -0.2) is 0 Å². The van der Waals surface area contributed by atoms with E-state index in [2.05, 4.69) is 0 Å². The van der Waals surface area contributed by atoms with Crippen molar-refractivity contribution in [1.29, 1.82) is 0 Å². The maximum atomic E-state index is 11.5. The molecule has 0 amide bonds. The van der Waals surface area contributed by atoms with Crippen LogP contribution in [0.25, 0.3) is 0 Å². The first-order chi connectivity index (χ1) is 7.14. The lowest BCUT2D eigenvalue weighted by atomic mass is 9.82. The third kappa shape index (κ3) is 2.81. The van der Waals surface area contributed by atoms with E-state index in [0.717, 1.165) is 19.3 Å². The second-order valence-corrected chi connectivity index (χ2v) is 4.12. The van der Waals surface area contributed by atoms with Gasteiger partial charge >= 0.3 is 5.97 Å². The second-order valence-electron chi connectivity index (χ2n) is 4.12. The zero-order valence-corrected chi connectivity index (χ0v) is 9.53. The first kappa shape index (κ1) is 12.2. The van der Waals surface area contributed by atoms with Crippen molar-refractivity contribution < 1.29 is 14.6 Å². The van der Waals surface area contributed by atoms with Gasteiger partial charge in [-0.1, -0.05) is 19.1 Å². The molecule has 1 N–H and O–H groups in total. The minimum Gasteiger partial charge on any atom is -0.469 e. The van der Waals surface area contributed by atoms with E-state index in [1.807, 2.05) is 13.0 Å². The van der Waals surface area contributed by atoms with E-state index >= 15 is 0 Å². The van der Waals surface area contributed by atoms with Gasteiger partial charge in [0.05, 0.1) is 18.6 Å². The number of allylic oxidation sites excluding steroid dienone is 1. The molecule has 0 aromatic heterocycles. The van der Waals surface area contributed by atoms with Crippen molar-refractivity contribution in [3.05, 3.63) is 12.2 Å². The summed E-state index contributed by atoms with van der Waals surface area (Å²) in [7, 11) is 1.37. The van der Waals surface area contributed by atoms with Crippen molar-refractivity contribution >= 4 is 5.97 Å². The molecule has 0 fully saturated rings. The molecule has 0 saturated heterocycles. The van der Waals surface area contributed by atoms with E-state index in [9.17, 15) is 9.90 Å². The number of hydrogen-bond acceptors (Lipinski definition) is 3. The standard InChI is InChI=1S/C12H20O3/c1-3-10(11(13)15-2)12(14)8-6-4-5-7-9-12/h6,8,10,14H,3-5,7,9H2,1-2H3. The molecule has 1 aliphatic rings. The quantitative estimate of drug-likeness (QED) is 0.575. The molecule has 0 bridgehead atoms. The topological polar surface area (TPSA) is 46.5 Å². The number of hydrogen-bond donors (Lipinski definition) is 1. The van der Waals surface area contributed by atoms with Crippen LogP contribution in [0.4, 0.5) is 0 Å². The van der Waals surface area contributed by atoms with Crippen LogP contribution in [-0.4, -0.2) is 23.8 Å². The van der Waals surface area contributed by atoms with Crippen molar-refractivity contribution in [2.24, 2.45) is 5.92 Å². The molecule has 2 atom stereocenters. The Bertz CT molecular complexity index is 247. The van der Waals surface area contributed by atoms with Gasteiger partial charge in [0.15, 0.2) is 0 Å². The molecule has 86 valence electrons. The Balaban J connectivity index is 2.83. The molecular weight excluding hydrogens is 192 g/mol. The van der Waals surface area contributed by atoms with Crippen LogP contribution in [-0.2, 0) is 9.53 Å². The molecule has 0 aliphatic heterocycles. The molecular formula is C12H20O3. The minimum atomic E-state index is -1.00. The van der Waals surface area contributed by atoms with Crippen molar-refractivity contribution in [2.75, 3.05) is 7.11 Å². The van der Waals surface area contributed by atoms with E-state index in [1.54, 1.807) is 6.08 Å². The summed E-state index contributed by atoms with van der Waals surface area (Å²) in [5.74, 6) is -0.747. The molecule has 3 heteroatoms. The zero-order valence-electron chi connectivity index (χ0n) is 9.53. The van der Waals surface area contributed by atoms with Crippen LogP contribution in [0.1, 0.15) is 39.0 Å². The van der Waals surface area contributed by atoms with Crippen molar-refractivity contribution in [1.82, 2.24) is 0 Å². The Hall–Kier alpha value is -0.830. The Morgan fingerprint density at radius 2 is 2.33 bits per heavy atom. The summed E-state index contributed by atoms with van der Waals surface area (Å²) in [4.78, 5) is 11.5. The Kier molecular flexibility index (Phi) is 4.33. The highest BCUT2D eigenvalue weighted by atomic mass is 16.5. The van der Waals surface area contributed by atoms with Crippen molar-refractivity contribution in [2.45, 2.75) is 44.6 Å². The highest BCUT2D eigenvalue weighted by Gasteiger charge is 2.38. The van der Waals surface area contributed by atoms with Crippen LogP contribution in [0.3, 0.4) is 0 Å². The van der Waals surface area contributed by atoms with Gasteiger partial charge in [-0.05, 0) is 32.1 Å². The lowest BCUT2D eigenvalue weighted by Gasteiger charge is -2.30. The van der Waals surface area contributed by atoms with Gasteiger partial charge in [-0.3, -0.25) is 4.79 Å². The summed E-state index contributed by atoms with van der Waals surface area (Å²) in [5.41, 5.74) is -1.00. The van der Waals surface area contributed by atoms with Gasteiger partial charge < -0.3 is 9.84 Å². The maximum absolute atomic E-state index is 11.5. The van der Waals surface area contributed by atoms with Crippen LogP contribution in [0, 0.1) is 5.92 Å². The highest BCUT2D eigenvalue weighted by molar-refractivity contribution is 5.74. The van der Waals surface area contributed by atoms with Gasteiger partial charge in [0, 0.05) is 0 Å². The van der Waals surface area contributed by atoms with Gasteiger partial charge in [0.1, 0.15) is 0 Å². The second kappa shape index (κ2) is 5.31. The maximum Gasteiger partial charge on any atom is 0.311 e. The van der Waals surface area contributed by atoms with E-state index in [4.69, 9.17) is 4.74 Å². The number of esters is 1. The highest BCUT2D eigenvalue weighted by Crippen LogP contribution is 2.31. The average molecular weight is 212 g/mol. The van der Waals surface area contributed by atoms with Crippen molar-refractivity contribution in [3.63, 3.8) is 0 Å². The monoisotopic (exact) mass is 212 g/mol. The predicted molar refractivity (Wildman–Crippen MR) is 58.4 cm³/mol. The third-order valence-electron chi connectivity index (χ3n) is 3.10.